The van der Waals surface area contributed by atoms with Crippen LogP contribution in [0.2, 0.25) is 0 Å². The van der Waals surface area contributed by atoms with Crippen molar-refractivity contribution in [3.05, 3.63) is 11.9 Å². The number of imidazole rings is 1. The highest BCUT2D eigenvalue weighted by molar-refractivity contribution is 5.29. The van der Waals surface area contributed by atoms with E-state index in [1.807, 2.05) is 0 Å². The van der Waals surface area contributed by atoms with Gasteiger partial charge in [0.15, 0.2) is 0 Å². The monoisotopic (exact) mass is 251 g/mol. The maximum absolute atomic E-state index is 5.26. The van der Waals surface area contributed by atoms with Gasteiger partial charge in [-0.05, 0) is 26.7 Å². The topological polar surface area (TPSA) is 39.1 Å². The molecule has 18 heavy (non-hydrogen) atoms. The molecule has 4 heteroatoms. The number of aryl methyl sites for hydroxylation is 1. The standard InChI is InChI=1S/C14H25N3O/c1-11-10-17(13-7-5-4-6-8-13)14(16-11)15-9-12(2)18-3/h10,12-13H,4-9H2,1-3H3,(H,15,16). The molecule has 1 aliphatic rings. The third-order valence-electron chi connectivity index (χ3n) is 3.77. The molecule has 1 aromatic rings. The highest BCUT2D eigenvalue weighted by Gasteiger charge is 2.18. The first-order chi connectivity index (χ1) is 8.70. The highest BCUT2D eigenvalue weighted by atomic mass is 16.5. The Bertz CT molecular complexity index is 369. The number of methoxy groups -OCH3 is 1. The predicted molar refractivity (Wildman–Crippen MR) is 74.0 cm³/mol. The van der Waals surface area contributed by atoms with E-state index in [-0.39, 0.29) is 6.10 Å². The third kappa shape index (κ3) is 3.25. The molecule has 1 aromatic heterocycles. The van der Waals surface area contributed by atoms with Crippen LogP contribution < -0.4 is 5.32 Å². The van der Waals surface area contributed by atoms with Gasteiger partial charge in [-0.2, -0.15) is 0 Å². The lowest BCUT2D eigenvalue weighted by Gasteiger charge is -2.25. The number of aromatic nitrogens is 2. The van der Waals surface area contributed by atoms with Crippen LogP contribution in [0.25, 0.3) is 0 Å². The summed E-state index contributed by atoms with van der Waals surface area (Å²) >= 11 is 0. The number of anilines is 1. The van der Waals surface area contributed by atoms with E-state index in [1.165, 1.54) is 32.1 Å². The Hall–Kier alpha value is -1.03. The second-order valence-electron chi connectivity index (χ2n) is 5.33. The lowest BCUT2D eigenvalue weighted by molar-refractivity contribution is 0.128. The van der Waals surface area contributed by atoms with Crippen molar-refractivity contribution in [3.63, 3.8) is 0 Å². The molecule has 1 saturated carbocycles. The van der Waals surface area contributed by atoms with E-state index in [0.717, 1.165) is 18.2 Å². The van der Waals surface area contributed by atoms with E-state index in [9.17, 15) is 0 Å². The van der Waals surface area contributed by atoms with Gasteiger partial charge >= 0.3 is 0 Å². The minimum Gasteiger partial charge on any atom is -0.380 e. The average molecular weight is 251 g/mol. The molecule has 0 spiro atoms. The Balaban J connectivity index is 2.04. The van der Waals surface area contributed by atoms with Crippen molar-refractivity contribution in [3.8, 4) is 0 Å². The van der Waals surface area contributed by atoms with Crippen molar-refractivity contribution in [2.75, 3.05) is 19.0 Å². The number of nitrogens with zero attached hydrogens (tertiary/aromatic N) is 2. The Morgan fingerprint density at radius 2 is 2.17 bits per heavy atom. The molecule has 0 saturated heterocycles. The van der Waals surface area contributed by atoms with Gasteiger partial charge in [-0.3, -0.25) is 0 Å². The fourth-order valence-corrected chi connectivity index (χ4v) is 2.60. The van der Waals surface area contributed by atoms with Gasteiger partial charge in [0.05, 0.1) is 11.8 Å². The Morgan fingerprint density at radius 1 is 1.44 bits per heavy atom. The number of hydrogen-bond donors (Lipinski definition) is 1. The largest absolute Gasteiger partial charge is 0.380 e. The van der Waals surface area contributed by atoms with Gasteiger partial charge in [0.2, 0.25) is 5.95 Å². The summed E-state index contributed by atoms with van der Waals surface area (Å²) in [4.78, 5) is 4.59. The van der Waals surface area contributed by atoms with E-state index in [4.69, 9.17) is 4.74 Å². The maximum atomic E-state index is 5.26. The molecular formula is C14H25N3O. The minimum absolute atomic E-state index is 0.210. The second-order valence-corrected chi connectivity index (χ2v) is 5.33. The van der Waals surface area contributed by atoms with E-state index in [2.05, 4.69) is 34.9 Å². The summed E-state index contributed by atoms with van der Waals surface area (Å²) in [5.41, 5.74) is 1.09. The van der Waals surface area contributed by atoms with Crippen LogP contribution in [-0.4, -0.2) is 29.3 Å². The summed E-state index contributed by atoms with van der Waals surface area (Å²) in [6.45, 7) is 4.93. The molecule has 2 rings (SSSR count). The van der Waals surface area contributed by atoms with Crippen LogP contribution in [0.1, 0.15) is 50.8 Å². The second kappa shape index (κ2) is 6.23. The molecule has 0 radical (unpaired) electrons. The first-order valence-corrected chi connectivity index (χ1v) is 7.03. The predicted octanol–water partition coefficient (Wildman–Crippen LogP) is 3.14. The molecule has 1 fully saturated rings. The van der Waals surface area contributed by atoms with Crippen LogP contribution in [0.3, 0.4) is 0 Å². The molecule has 1 atom stereocenters. The summed E-state index contributed by atoms with van der Waals surface area (Å²) in [5, 5.41) is 3.41. The zero-order valence-electron chi connectivity index (χ0n) is 11.8. The zero-order valence-corrected chi connectivity index (χ0v) is 11.8. The fraction of sp³-hybridized carbons (Fsp3) is 0.786. The van der Waals surface area contributed by atoms with Crippen LogP contribution in [0.5, 0.6) is 0 Å². The maximum Gasteiger partial charge on any atom is 0.203 e. The molecule has 1 heterocycles. The van der Waals surface area contributed by atoms with Crippen molar-refractivity contribution in [2.24, 2.45) is 0 Å². The van der Waals surface area contributed by atoms with Crippen LogP contribution >= 0.6 is 0 Å². The lowest BCUT2D eigenvalue weighted by atomic mass is 9.95. The molecule has 0 aromatic carbocycles. The highest BCUT2D eigenvalue weighted by Crippen LogP contribution is 2.30. The van der Waals surface area contributed by atoms with Gasteiger partial charge in [-0.15, -0.1) is 0 Å². The van der Waals surface area contributed by atoms with Gasteiger partial charge in [-0.1, -0.05) is 19.3 Å². The molecule has 4 nitrogen and oxygen atoms in total. The minimum atomic E-state index is 0.210. The number of hydrogen-bond acceptors (Lipinski definition) is 3. The smallest absolute Gasteiger partial charge is 0.203 e. The van der Waals surface area contributed by atoms with Crippen LogP contribution in [0, 0.1) is 6.92 Å². The lowest BCUT2D eigenvalue weighted by Crippen LogP contribution is -2.22. The quantitative estimate of drug-likeness (QED) is 0.873. The van der Waals surface area contributed by atoms with Crippen molar-refractivity contribution in [1.29, 1.82) is 0 Å². The SMILES string of the molecule is COC(C)CNc1nc(C)cn1C1CCCCC1. The first kappa shape index (κ1) is 13.4. The van der Waals surface area contributed by atoms with Gasteiger partial charge in [0.25, 0.3) is 0 Å². The van der Waals surface area contributed by atoms with Crippen LogP contribution in [-0.2, 0) is 4.74 Å². The van der Waals surface area contributed by atoms with Crippen LogP contribution in [0.4, 0.5) is 5.95 Å². The van der Waals surface area contributed by atoms with Gasteiger partial charge < -0.3 is 14.6 Å². The van der Waals surface area contributed by atoms with E-state index < -0.39 is 0 Å². The molecule has 1 aliphatic carbocycles. The van der Waals surface area contributed by atoms with Gasteiger partial charge in [0.1, 0.15) is 0 Å². The Kier molecular flexibility index (Phi) is 4.64. The first-order valence-electron chi connectivity index (χ1n) is 7.03. The fourth-order valence-electron chi connectivity index (χ4n) is 2.60. The average Bonchev–Trinajstić information content (AvgIpc) is 2.78. The van der Waals surface area contributed by atoms with E-state index in [1.54, 1.807) is 7.11 Å². The molecule has 102 valence electrons. The van der Waals surface area contributed by atoms with Crippen molar-refractivity contribution < 1.29 is 4.74 Å². The summed E-state index contributed by atoms with van der Waals surface area (Å²) in [6, 6.07) is 0.625. The molecule has 0 aliphatic heterocycles. The molecule has 1 unspecified atom stereocenters. The number of ether oxygens (including phenoxy) is 1. The summed E-state index contributed by atoms with van der Waals surface area (Å²) in [7, 11) is 1.74. The summed E-state index contributed by atoms with van der Waals surface area (Å²) in [6.07, 6.45) is 9.02. The van der Waals surface area contributed by atoms with Crippen molar-refractivity contribution in [1.82, 2.24) is 9.55 Å². The molecule has 1 N–H and O–H groups in total. The van der Waals surface area contributed by atoms with Crippen LogP contribution in [0.15, 0.2) is 6.20 Å². The number of rotatable bonds is 5. The molecular weight excluding hydrogens is 226 g/mol. The van der Waals surface area contributed by atoms with Gasteiger partial charge in [0, 0.05) is 25.9 Å². The molecule has 0 amide bonds. The molecule has 0 bridgehead atoms. The van der Waals surface area contributed by atoms with Crippen molar-refractivity contribution in [2.45, 2.75) is 58.1 Å². The van der Waals surface area contributed by atoms with E-state index >= 15 is 0 Å². The third-order valence-corrected chi connectivity index (χ3v) is 3.77. The van der Waals surface area contributed by atoms with Gasteiger partial charge in [-0.25, -0.2) is 4.98 Å². The summed E-state index contributed by atoms with van der Waals surface area (Å²) in [5.74, 6) is 1.00. The summed E-state index contributed by atoms with van der Waals surface area (Å²) < 4.78 is 7.59. The van der Waals surface area contributed by atoms with E-state index in [0.29, 0.717) is 6.04 Å². The van der Waals surface area contributed by atoms with Crippen molar-refractivity contribution >= 4 is 5.95 Å². The zero-order chi connectivity index (χ0) is 13.0. The Morgan fingerprint density at radius 3 is 2.83 bits per heavy atom. The normalized spacial score (nSPS) is 18.8. The number of nitrogens with one attached hydrogen (secondary N) is 1. The Labute approximate surface area is 110 Å².